The molecular weight excluding hydrogens is 350 g/mol. The molecule has 26 heavy (non-hydrogen) atoms. The first-order valence-electron chi connectivity index (χ1n) is 8.11. The van der Waals surface area contributed by atoms with Crippen LogP contribution in [0.1, 0.15) is 18.1 Å². The molecule has 0 aliphatic rings. The summed E-state index contributed by atoms with van der Waals surface area (Å²) in [6.45, 7) is 4.13. The molecule has 2 aromatic carbocycles. The van der Waals surface area contributed by atoms with Gasteiger partial charge in [0.2, 0.25) is 4.77 Å². The van der Waals surface area contributed by atoms with Crippen molar-refractivity contribution in [1.82, 2.24) is 20.2 Å². The van der Waals surface area contributed by atoms with Crippen LogP contribution in [0.2, 0.25) is 0 Å². The number of carbonyl (C=O) groups is 1. The van der Waals surface area contributed by atoms with Crippen molar-refractivity contribution in [3.63, 3.8) is 0 Å². The van der Waals surface area contributed by atoms with Crippen molar-refractivity contribution < 1.29 is 9.90 Å². The van der Waals surface area contributed by atoms with E-state index in [1.165, 1.54) is 0 Å². The first-order valence-corrected chi connectivity index (χ1v) is 8.52. The number of H-pyrrole nitrogens is 1. The lowest BCUT2D eigenvalue weighted by Crippen LogP contribution is -2.38. The Balaban J connectivity index is 1.94. The summed E-state index contributed by atoms with van der Waals surface area (Å²) in [5, 5.41) is 19.7. The second-order valence-electron chi connectivity index (χ2n) is 6.07. The third-order valence-corrected chi connectivity index (χ3v) is 4.45. The van der Waals surface area contributed by atoms with E-state index >= 15 is 0 Å². The lowest BCUT2D eigenvalue weighted by atomic mass is 10.1. The molecule has 1 unspecified atom stereocenters. The fourth-order valence-corrected chi connectivity index (χ4v) is 2.86. The topological polar surface area (TPSA) is 87.0 Å². The largest absolute Gasteiger partial charge is 0.480 e. The molecule has 0 fully saturated rings. The highest BCUT2D eigenvalue weighted by Gasteiger charge is 2.21. The second-order valence-corrected chi connectivity index (χ2v) is 6.43. The van der Waals surface area contributed by atoms with Gasteiger partial charge in [0.1, 0.15) is 6.04 Å². The van der Waals surface area contributed by atoms with Gasteiger partial charge in [-0.1, -0.05) is 40.1 Å². The SMILES string of the molecule is Cc1ccc(N(Cc2cccc(-n3[nH]nnc3=S)c2)C(C)C(=O)O)cc1. The zero-order chi connectivity index (χ0) is 18.7. The summed E-state index contributed by atoms with van der Waals surface area (Å²) in [6, 6.07) is 14.8. The number of nitrogens with zero attached hydrogens (tertiary/aromatic N) is 4. The summed E-state index contributed by atoms with van der Waals surface area (Å²) in [5.41, 5.74) is 3.73. The number of aliphatic carboxylic acids is 1. The molecule has 0 aliphatic heterocycles. The van der Waals surface area contributed by atoms with Crippen LogP contribution in [0.4, 0.5) is 5.69 Å². The Morgan fingerprint density at radius 2 is 2.04 bits per heavy atom. The summed E-state index contributed by atoms with van der Waals surface area (Å²) in [6.07, 6.45) is 0. The molecule has 3 aromatic rings. The highest BCUT2D eigenvalue weighted by Crippen LogP contribution is 2.22. The second kappa shape index (κ2) is 7.49. The van der Waals surface area contributed by atoms with Crippen LogP contribution in [0.15, 0.2) is 48.5 Å². The van der Waals surface area contributed by atoms with Crippen LogP contribution in [0, 0.1) is 11.7 Å². The number of carboxylic acids is 1. The van der Waals surface area contributed by atoms with Crippen molar-refractivity contribution in [3.8, 4) is 5.69 Å². The van der Waals surface area contributed by atoms with Crippen molar-refractivity contribution in [1.29, 1.82) is 0 Å². The van der Waals surface area contributed by atoms with E-state index in [9.17, 15) is 9.90 Å². The molecular formula is C18H19N5O2S. The zero-order valence-electron chi connectivity index (χ0n) is 14.5. The van der Waals surface area contributed by atoms with Gasteiger partial charge < -0.3 is 10.0 Å². The minimum absolute atomic E-state index is 0.330. The van der Waals surface area contributed by atoms with Crippen LogP contribution in [-0.2, 0) is 11.3 Å². The van der Waals surface area contributed by atoms with Gasteiger partial charge in [0.25, 0.3) is 0 Å². The molecule has 3 rings (SSSR count). The number of aryl methyl sites for hydroxylation is 1. The number of tetrazole rings is 1. The molecule has 1 atom stereocenters. The van der Waals surface area contributed by atoms with E-state index in [1.54, 1.807) is 11.6 Å². The van der Waals surface area contributed by atoms with Crippen molar-refractivity contribution >= 4 is 23.9 Å². The molecule has 0 spiro atoms. The molecule has 0 saturated heterocycles. The fraction of sp³-hybridized carbons (Fsp3) is 0.222. The Morgan fingerprint density at radius 1 is 1.31 bits per heavy atom. The number of aromatic nitrogens is 4. The average molecular weight is 369 g/mol. The third kappa shape index (κ3) is 3.80. The smallest absolute Gasteiger partial charge is 0.326 e. The van der Waals surface area contributed by atoms with Crippen LogP contribution < -0.4 is 4.90 Å². The Bertz CT molecular complexity index is 964. The lowest BCUT2D eigenvalue weighted by Gasteiger charge is -2.29. The summed E-state index contributed by atoms with van der Waals surface area (Å²) in [4.78, 5) is 13.4. The van der Waals surface area contributed by atoms with Gasteiger partial charge >= 0.3 is 5.97 Å². The van der Waals surface area contributed by atoms with Crippen LogP contribution >= 0.6 is 12.2 Å². The maximum Gasteiger partial charge on any atom is 0.326 e. The van der Waals surface area contributed by atoms with E-state index in [-0.39, 0.29) is 0 Å². The number of rotatable bonds is 6. The van der Waals surface area contributed by atoms with Crippen LogP contribution in [0.3, 0.4) is 0 Å². The molecule has 0 bridgehead atoms. The summed E-state index contributed by atoms with van der Waals surface area (Å²) in [7, 11) is 0. The summed E-state index contributed by atoms with van der Waals surface area (Å²) in [5.74, 6) is -0.873. The maximum atomic E-state index is 11.6. The van der Waals surface area contributed by atoms with Gasteiger partial charge in [-0.2, -0.15) is 5.21 Å². The average Bonchev–Trinajstić information content (AvgIpc) is 3.06. The van der Waals surface area contributed by atoms with Crippen molar-refractivity contribution in [2.24, 2.45) is 0 Å². The molecule has 8 heteroatoms. The standard InChI is InChI=1S/C18H19N5O2S/c1-12-6-8-15(9-7-12)22(13(2)17(24)25)11-14-4-3-5-16(10-14)23-18(26)19-20-21-23/h3-10,13H,11H2,1-2H3,(H,24,25)(H,19,21,26). The number of hydrogen-bond donors (Lipinski definition) is 2. The quantitative estimate of drug-likeness (QED) is 0.649. The molecule has 0 aliphatic carbocycles. The third-order valence-electron chi connectivity index (χ3n) is 4.18. The highest BCUT2D eigenvalue weighted by atomic mass is 32.1. The number of benzene rings is 2. The van der Waals surface area contributed by atoms with E-state index in [0.717, 1.165) is 22.5 Å². The van der Waals surface area contributed by atoms with Gasteiger partial charge in [0, 0.05) is 12.2 Å². The summed E-state index contributed by atoms with van der Waals surface area (Å²) >= 11 is 5.13. The van der Waals surface area contributed by atoms with Crippen molar-refractivity contribution in [2.75, 3.05) is 4.90 Å². The number of anilines is 1. The van der Waals surface area contributed by atoms with Gasteiger partial charge in [0.05, 0.1) is 5.69 Å². The first-order chi connectivity index (χ1) is 12.5. The molecule has 134 valence electrons. The van der Waals surface area contributed by atoms with E-state index in [0.29, 0.717) is 11.3 Å². The molecule has 2 N–H and O–H groups in total. The Kier molecular flexibility index (Phi) is 5.13. The first kappa shape index (κ1) is 17.8. The highest BCUT2D eigenvalue weighted by molar-refractivity contribution is 7.71. The predicted molar refractivity (Wildman–Crippen MR) is 101 cm³/mol. The number of carboxylic acid groups (broad SMARTS) is 1. The van der Waals surface area contributed by atoms with E-state index in [1.807, 2.05) is 60.4 Å². The van der Waals surface area contributed by atoms with Gasteiger partial charge in [-0.25, -0.2) is 9.48 Å². The van der Waals surface area contributed by atoms with Crippen molar-refractivity contribution in [2.45, 2.75) is 26.4 Å². The van der Waals surface area contributed by atoms with Gasteiger partial charge in [-0.05, 0) is 55.9 Å². The number of aromatic amines is 1. The van der Waals surface area contributed by atoms with Crippen molar-refractivity contribution in [3.05, 3.63) is 64.4 Å². The van der Waals surface area contributed by atoms with Crippen LogP contribution in [-0.4, -0.2) is 37.3 Å². The predicted octanol–water partition coefficient (Wildman–Crippen LogP) is 3.11. The minimum atomic E-state index is -0.873. The normalized spacial score (nSPS) is 11.9. The molecule has 0 radical (unpaired) electrons. The van der Waals surface area contributed by atoms with E-state index in [4.69, 9.17) is 12.2 Å². The monoisotopic (exact) mass is 369 g/mol. The Morgan fingerprint density at radius 3 is 2.65 bits per heavy atom. The number of hydrogen-bond acceptors (Lipinski definition) is 5. The fourth-order valence-electron chi connectivity index (χ4n) is 2.68. The molecule has 0 saturated carbocycles. The van der Waals surface area contributed by atoms with E-state index < -0.39 is 12.0 Å². The van der Waals surface area contributed by atoms with Crippen LogP contribution in [0.5, 0.6) is 0 Å². The molecule has 0 amide bonds. The lowest BCUT2D eigenvalue weighted by molar-refractivity contribution is -0.138. The zero-order valence-corrected chi connectivity index (χ0v) is 15.3. The molecule has 7 nitrogen and oxygen atoms in total. The maximum absolute atomic E-state index is 11.6. The van der Waals surface area contributed by atoms with Crippen LogP contribution in [0.25, 0.3) is 5.69 Å². The molecule has 1 aromatic heterocycles. The molecule has 1 heterocycles. The Labute approximate surface area is 155 Å². The number of nitrogens with one attached hydrogen (secondary N) is 1. The summed E-state index contributed by atoms with van der Waals surface area (Å²) < 4.78 is 1.92. The Hall–Kier alpha value is -3.00. The minimum Gasteiger partial charge on any atom is -0.480 e. The van der Waals surface area contributed by atoms with E-state index in [2.05, 4.69) is 15.5 Å². The van der Waals surface area contributed by atoms with Gasteiger partial charge in [-0.3, -0.25) is 0 Å². The van der Waals surface area contributed by atoms with Gasteiger partial charge in [-0.15, -0.1) is 0 Å². The van der Waals surface area contributed by atoms with Gasteiger partial charge in [0.15, 0.2) is 0 Å².